The minimum Gasteiger partial charge on any atom is -0.506 e. The third-order valence-electron chi connectivity index (χ3n) is 2.33. The number of benzene rings is 1. The van der Waals surface area contributed by atoms with E-state index in [1.165, 1.54) is 12.1 Å². The number of nitro groups is 1. The van der Waals surface area contributed by atoms with Gasteiger partial charge in [-0.1, -0.05) is 0 Å². The fourth-order valence-corrected chi connectivity index (χ4v) is 1.39. The molecule has 0 aliphatic rings. The van der Waals surface area contributed by atoms with Gasteiger partial charge in [0.15, 0.2) is 5.78 Å². The highest BCUT2D eigenvalue weighted by atomic mass is 16.6. The van der Waals surface area contributed by atoms with Crippen molar-refractivity contribution in [2.75, 3.05) is 7.11 Å². The molecule has 7 heteroatoms. The van der Waals surface area contributed by atoms with E-state index in [2.05, 4.69) is 4.74 Å². The first-order valence-electron chi connectivity index (χ1n) is 5.15. The summed E-state index contributed by atoms with van der Waals surface area (Å²) in [5.74, 6) is -2.21. The molecule has 1 N–H and O–H groups in total. The van der Waals surface area contributed by atoms with Crippen LogP contribution in [0.5, 0.6) is 0 Å². The molecule has 0 unspecified atom stereocenters. The van der Waals surface area contributed by atoms with Gasteiger partial charge in [0.1, 0.15) is 11.3 Å². The fraction of sp³-hybridized carbons (Fsp3) is 0.167. The highest BCUT2D eigenvalue weighted by molar-refractivity contribution is 6.21. The number of Topliss-reactive ketones (excluding diaryl/α,β-unsaturated/α-hetero) is 1. The molecular weight excluding hydrogens is 254 g/mol. The number of methoxy groups -OCH3 is 1. The zero-order valence-corrected chi connectivity index (χ0v) is 10.2. The first kappa shape index (κ1) is 14.4. The molecule has 1 aromatic rings. The molecule has 100 valence electrons. The highest BCUT2D eigenvalue weighted by Gasteiger charge is 2.22. The number of carbonyl (C=O) groups excluding carboxylic acids is 2. The van der Waals surface area contributed by atoms with Crippen molar-refractivity contribution in [3.8, 4) is 0 Å². The van der Waals surface area contributed by atoms with Crippen LogP contribution in [0, 0.1) is 10.1 Å². The van der Waals surface area contributed by atoms with Gasteiger partial charge in [-0.3, -0.25) is 14.9 Å². The van der Waals surface area contributed by atoms with Crippen molar-refractivity contribution in [2.45, 2.75) is 6.92 Å². The summed E-state index contributed by atoms with van der Waals surface area (Å²) in [6, 6.07) is 4.78. The van der Waals surface area contributed by atoms with Gasteiger partial charge >= 0.3 is 5.97 Å². The molecule has 0 aliphatic heterocycles. The van der Waals surface area contributed by atoms with Crippen LogP contribution in [0.1, 0.15) is 12.5 Å². The smallest absolute Gasteiger partial charge is 0.345 e. The van der Waals surface area contributed by atoms with Gasteiger partial charge in [-0.25, -0.2) is 4.79 Å². The lowest BCUT2D eigenvalue weighted by Gasteiger charge is -2.06. The van der Waals surface area contributed by atoms with Crippen LogP contribution in [0.4, 0.5) is 5.69 Å². The molecule has 0 radical (unpaired) electrons. The van der Waals surface area contributed by atoms with Crippen molar-refractivity contribution >= 4 is 23.2 Å². The number of carbonyl (C=O) groups is 2. The van der Waals surface area contributed by atoms with E-state index in [9.17, 15) is 24.8 Å². The fourth-order valence-electron chi connectivity index (χ4n) is 1.39. The minimum absolute atomic E-state index is 0.112. The minimum atomic E-state index is -0.969. The Kier molecular flexibility index (Phi) is 4.36. The molecule has 0 fully saturated rings. The van der Waals surface area contributed by atoms with Crippen LogP contribution in [0.2, 0.25) is 0 Å². The van der Waals surface area contributed by atoms with Crippen LogP contribution in [0.3, 0.4) is 0 Å². The van der Waals surface area contributed by atoms with Crippen LogP contribution in [0.15, 0.2) is 29.8 Å². The zero-order chi connectivity index (χ0) is 14.6. The van der Waals surface area contributed by atoms with Gasteiger partial charge in [0, 0.05) is 17.7 Å². The quantitative estimate of drug-likeness (QED) is 0.169. The lowest BCUT2D eigenvalue weighted by molar-refractivity contribution is -0.384. The topological polar surface area (TPSA) is 107 Å². The van der Waals surface area contributed by atoms with E-state index in [1.807, 2.05) is 0 Å². The van der Waals surface area contributed by atoms with Gasteiger partial charge in [0.2, 0.25) is 0 Å². The number of rotatable bonds is 4. The van der Waals surface area contributed by atoms with E-state index in [4.69, 9.17) is 0 Å². The summed E-state index contributed by atoms with van der Waals surface area (Å²) in [6.45, 7) is 1.11. The van der Waals surface area contributed by atoms with Crippen LogP contribution in [0.25, 0.3) is 5.76 Å². The summed E-state index contributed by atoms with van der Waals surface area (Å²) in [7, 11) is 1.08. The highest BCUT2D eigenvalue weighted by Crippen LogP contribution is 2.20. The molecule has 0 atom stereocenters. The van der Waals surface area contributed by atoms with Gasteiger partial charge < -0.3 is 9.84 Å². The van der Waals surface area contributed by atoms with Crippen molar-refractivity contribution < 1.29 is 24.4 Å². The summed E-state index contributed by atoms with van der Waals surface area (Å²) in [5, 5.41) is 20.4. The monoisotopic (exact) mass is 265 g/mol. The summed E-state index contributed by atoms with van der Waals surface area (Å²) < 4.78 is 4.39. The van der Waals surface area contributed by atoms with E-state index in [-0.39, 0.29) is 11.3 Å². The Morgan fingerprint density at radius 3 is 2.16 bits per heavy atom. The molecule has 0 amide bonds. The van der Waals surface area contributed by atoms with E-state index in [0.717, 1.165) is 26.2 Å². The van der Waals surface area contributed by atoms with E-state index in [1.54, 1.807) is 0 Å². The van der Waals surface area contributed by atoms with Gasteiger partial charge in [-0.05, 0) is 19.1 Å². The lowest BCUT2D eigenvalue weighted by Crippen LogP contribution is -2.14. The second-order valence-electron chi connectivity index (χ2n) is 3.58. The first-order chi connectivity index (χ1) is 8.88. The number of aliphatic hydroxyl groups excluding tert-OH is 1. The normalized spacial score (nSPS) is 11.5. The lowest BCUT2D eigenvalue weighted by atomic mass is 10.1. The van der Waals surface area contributed by atoms with Crippen LogP contribution in [-0.4, -0.2) is 28.9 Å². The standard InChI is InChI=1S/C12H11NO6/c1-7(14)10(12(16)19-2)11(15)8-3-5-9(6-4-8)13(17)18/h3-6,15H,1-2H3/b11-10-. The predicted octanol–water partition coefficient (Wildman–Crippen LogP) is 1.63. The Balaban J connectivity index is 3.28. The second kappa shape index (κ2) is 5.76. The molecule has 0 bridgehead atoms. The van der Waals surface area contributed by atoms with Crippen LogP contribution in [-0.2, 0) is 14.3 Å². The third-order valence-corrected chi connectivity index (χ3v) is 2.33. The van der Waals surface area contributed by atoms with E-state index < -0.39 is 28.0 Å². The van der Waals surface area contributed by atoms with E-state index in [0.29, 0.717) is 0 Å². The molecule has 0 spiro atoms. The van der Waals surface area contributed by atoms with Crippen molar-refractivity contribution in [3.05, 3.63) is 45.5 Å². The molecule has 19 heavy (non-hydrogen) atoms. The molecule has 7 nitrogen and oxygen atoms in total. The molecular formula is C12H11NO6. The Morgan fingerprint density at radius 1 is 1.26 bits per heavy atom. The van der Waals surface area contributed by atoms with Gasteiger partial charge in [0.25, 0.3) is 5.69 Å². The Hall–Kier alpha value is -2.70. The summed E-state index contributed by atoms with van der Waals surface area (Å²) in [6.07, 6.45) is 0. The second-order valence-corrected chi connectivity index (χ2v) is 3.58. The maximum Gasteiger partial charge on any atom is 0.345 e. The van der Waals surface area contributed by atoms with E-state index >= 15 is 0 Å². The molecule has 0 aliphatic carbocycles. The number of ether oxygens (including phenoxy) is 1. The maximum atomic E-state index is 11.4. The Morgan fingerprint density at radius 2 is 1.79 bits per heavy atom. The van der Waals surface area contributed by atoms with Gasteiger partial charge in [-0.2, -0.15) is 0 Å². The Labute approximate surface area is 108 Å². The number of hydrogen-bond acceptors (Lipinski definition) is 6. The van der Waals surface area contributed by atoms with Gasteiger partial charge in [0.05, 0.1) is 12.0 Å². The number of aliphatic hydroxyl groups is 1. The van der Waals surface area contributed by atoms with Gasteiger partial charge in [-0.15, -0.1) is 0 Å². The van der Waals surface area contributed by atoms with Crippen LogP contribution < -0.4 is 0 Å². The Bertz CT molecular complexity index is 558. The SMILES string of the molecule is COC(=O)/C(C(C)=O)=C(\O)c1ccc([N+](=O)[O-])cc1. The van der Waals surface area contributed by atoms with Crippen LogP contribution >= 0.6 is 0 Å². The van der Waals surface area contributed by atoms with Crippen molar-refractivity contribution in [1.29, 1.82) is 0 Å². The third kappa shape index (κ3) is 3.15. The number of nitro benzene ring substituents is 1. The number of esters is 1. The average Bonchev–Trinajstić information content (AvgIpc) is 2.38. The van der Waals surface area contributed by atoms with Crippen molar-refractivity contribution in [2.24, 2.45) is 0 Å². The molecule has 1 rings (SSSR count). The summed E-state index contributed by atoms with van der Waals surface area (Å²) >= 11 is 0. The number of ketones is 1. The number of hydrogen-bond donors (Lipinski definition) is 1. The molecule has 1 aromatic carbocycles. The molecule has 0 saturated heterocycles. The largest absolute Gasteiger partial charge is 0.506 e. The maximum absolute atomic E-state index is 11.4. The van der Waals surface area contributed by atoms with Crippen molar-refractivity contribution in [3.63, 3.8) is 0 Å². The summed E-state index contributed by atoms with van der Waals surface area (Å²) in [4.78, 5) is 32.6. The molecule has 0 aromatic heterocycles. The summed E-state index contributed by atoms with van der Waals surface area (Å²) in [5.41, 5.74) is -0.559. The predicted molar refractivity (Wildman–Crippen MR) is 65.3 cm³/mol. The molecule has 0 saturated carbocycles. The number of non-ortho nitro benzene ring substituents is 1. The van der Waals surface area contributed by atoms with Crippen molar-refractivity contribution in [1.82, 2.24) is 0 Å². The molecule has 0 heterocycles. The first-order valence-corrected chi connectivity index (χ1v) is 5.15. The average molecular weight is 265 g/mol. The zero-order valence-electron chi connectivity index (χ0n) is 10.2. The number of nitrogens with zero attached hydrogens (tertiary/aromatic N) is 1.